The number of rotatable bonds is 5. The van der Waals surface area contributed by atoms with Gasteiger partial charge in [-0.3, -0.25) is 9.59 Å². The first-order chi connectivity index (χ1) is 14.6. The Morgan fingerprint density at radius 3 is 2.40 bits per heavy atom. The van der Waals surface area contributed by atoms with Crippen LogP contribution < -0.4 is 10.1 Å². The van der Waals surface area contributed by atoms with E-state index < -0.39 is 5.82 Å². The minimum atomic E-state index is -0.430. The number of benzene rings is 2. The zero-order valence-corrected chi connectivity index (χ0v) is 16.7. The van der Waals surface area contributed by atoms with Crippen LogP contribution in [0, 0.1) is 17.7 Å². The molecule has 0 unspecified atom stereocenters. The third kappa shape index (κ3) is 4.79. The van der Waals surface area contributed by atoms with Crippen LogP contribution in [0.4, 0.5) is 10.1 Å². The lowest BCUT2D eigenvalue weighted by Crippen LogP contribution is -2.44. The predicted molar refractivity (Wildman–Crippen MR) is 110 cm³/mol. The fourth-order valence-corrected chi connectivity index (χ4v) is 3.85. The second-order valence-electron chi connectivity index (χ2n) is 7.71. The van der Waals surface area contributed by atoms with E-state index >= 15 is 0 Å². The molecule has 30 heavy (non-hydrogen) atoms. The average Bonchev–Trinajstić information content (AvgIpc) is 3.31. The number of carbonyl (C=O) groups is 2. The number of likely N-dealkylation sites (tertiary alicyclic amines) is 1. The van der Waals surface area contributed by atoms with E-state index in [-0.39, 0.29) is 29.4 Å². The Hall–Kier alpha value is -2.93. The average molecular weight is 412 g/mol. The molecule has 0 saturated carbocycles. The van der Waals surface area contributed by atoms with Crippen molar-refractivity contribution >= 4 is 17.5 Å². The summed E-state index contributed by atoms with van der Waals surface area (Å²) in [6.07, 6.45) is 2.09. The first-order valence-corrected chi connectivity index (χ1v) is 10.3. The minimum absolute atomic E-state index is 0.0273. The van der Waals surface area contributed by atoms with Gasteiger partial charge < -0.3 is 19.7 Å². The van der Waals surface area contributed by atoms with Crippen molar-refractivity contribution in [3.63, 3.8) is 0 Å². The van der Waals surface area contributed by atoms with Crippen LogP contribution in [0.3, 0.4) is 0 Å². The summed E-state index contributed by atoms with van der Waals surface area (Å²) < 4.78 is 24.5. The zero-order valence-electron chi connectivity index (χ0n) is 16.7. The van der Waals surface area contributed by atoms with Gasteiger partial charge in [0.05, 0.1) is 12.5 Å². The first-order valence-electron chi connectivity index (χ1n) is 10.3. The van der Waals surface area contributed by atoms with Gasteiger partial charge in [0.25, 0.3) is 0 Å². The lowest BCUT2D eigenvalue weighted by molar-refractivity contribution is -0.138. The summed E-state index contributed by atoms with van der Waals surface area (Å²) >= 11 is 0. The highest BCUT2D eigenvalue weighted by Crippen LogP contribution is 2.26. The summed E-state index contributed by atoms with van der Waals surface area (Å²) in [5.41, 5.74) is 0.655. The van der Waals surface area contributed by atoms with E-state index in [0.29, 0.717) is 50.6 Å². The molecule has 2 amide bonds. The van der Waals surface area contributed by atoms with Crippen molar-refractivity contribution in [2.75, 3.05) is 31.6 Å². The van der Waals surface area contributed by atoms with Crippen LogP contribution in [-0.2, 0) is 14.3 Å². The van der Waals surface area contributed by atoms with E-state index in [0.717, 1.165) is 6.42 Å². The number of hydrogen-bond acceptors (Lipinski definition) is 4. The number of para-hydroxylation sites is 1. The Morgan fingerprint density at radius 2 is 1.73 bits per heavy atom. The molecule has 2 aromatic carbocycles. The Labute approximate surface area is 175 Å². The van der Waals surface area contributed by atoms with Crippen molar-refractivity contribution in [3.8, 4) is 11.5 Å². The summed E-state index contributed by atoms with van der Waals surface area (Å²) in [6.45, 7) is 2.36. The van der Waals surface area contributed by atoms with E-state index in [1.165, 1.54) is 6.07 Å². The number of carbonyl (C=O) groups excluding carboxylic acids is 2. The number of nitrogens with one attached hydrogen (secondary N) is 1. The summed E-state index contributed by atoms with van der Waals surface area (Å²) in [5.74, 6) is 0.162. The van der Waals surface area contributed by atoms with Gasteiger partial charge in [0.1, 0.15) is 5.75 Å². The fourth-order valence-electron chi connectivity index (χ4n) is 3.85. The third-order valence-electron chi connectivity index (χ3n) is 5.64. The smallest absolute Gasteiger partial charge is 0.228 e. The maximum atomic E-state index is 13.7. The maximum Gasteiger partial charge on any atom is 0.228 e. The van der Waals surface area contributed by atoms with Crippen LogP contribution in [0.5, 0.6) is 11.5 Å². The molecule has 0 radical (unpaired) electrons. The van der Waals surface area contributed by atoms with Gasteiger partial charge in [-0.25, -0.2) is 4.39 Å². The molecule has 158 valence electrons. The monoisotopic (exact) mass is 412 g/mol. The van der Waals surface area contributed by atoms with Crippen molar-refractivity contribution in [1.29, 1.82) is 0 Å². The lowest BCUT2D eigenvalue weighted by atomic mass is 9.94. The van der Waals surface area contributed by atoms with Gasteiger partial charge in [0.15, 0.2) is 11.6 Å². The topological polar surface area (TPSA) is 67.9 Å². The number of hydrogen-bond donors (Lipinski definition) is 1. The molecule has 4 rings (SSSR count). The normalized spacial score (nSPS) is 19.5. The van der Waals surface area contributed by atoms with E-state index in [4.69, 9.17) is 9.47 Å². The molecule has 2 heterocycles. The van der Waals surface area contributed by atoms with E-state index in [1.54, 1.807) is 42.5 Å². The highest BCUT2D eigenvalue weighted by atomic mass is 19.1. The molecule has 0 bridgehead atoms. The van der Waals surface area contributed by atoms with E-state index in [1.807, 2.05) is 4.90 Å². The number of piperidine rings is 1. The van der Waals surface area contributed by atoms with E-state index in [2.05, 4.69) is 5.32 Å². The lowest BCUT2D eigenvalue weighted by Gasteiger charge is -2.32. The SMILES string of the molecule is O=C(Nc1ccc(Oc2ccccc2F)cc1)C1CCN(C(=O)[C@H]2CCOC2)CC1. The molecular weight excluding hydrogens is 387 g/mol. The van der Waals surface area contributed by atoms with Gasteiger partial charge >= 0.3 is 0 Å². The number of anilines is 1. The Balaban J connectivity index is 1.27. The Kier molecular flexibility index (Phi) is 6.28. The Bertz CT molecular complexity index is 888. The second-order valence-corrected chi connectivity index (χ2v) is 7.71. The van der Waals surface area contributed by atoms with Gasteiger partial charge in [-0.05, 0) is 55.7 Å². The van der Waals surface area contributed by atoms with Gasteiger partial charge in [0, 0.05) is 31.3 Å². The van der Waals surface area contributed by atoms with Crippen molar-refractivity contribution in [3.05, 3.63) is 54.3 Å². The Morgan fingerprint density at radius 1 is 1.00 bits per heavy atom. The molecular formula is C23H25FN2O4. The molecule has 0 spiro atoms. The van der Waals surface area contributed by atoms with Crippen molar-refractivity contribution in [2.24, 2.45) is 11.8 Å². The van der Waals surface area contributed by atoms with Gasteiger partial charge in [-0.1, -0.05) is 12.1 Å². The molecule has 2 aromatic rings. The van der Waals surface area contributed by atoms with Crippen molar-refractivity contribution in [2.45, 2.75) is 19.3 Å². The maximum absolute atomic E-state index is 13.7. The van der Waals surface area contributed by atoms with Gasteiger partial charge in [-0.15, -0.1) is 0 Å². The molecule has 2 aliphatic heterocycles. The highest BCUT2D eigenvalue weighted by molar-refractivity contribution is 5.92. The number of amides is 2. The van der Waals surface area contributed by atoms with Crippen LogP contribution >= 0.6 is 0 Å². The summed E-state index contributed by atoms with van der Waals surface area (Å²) in [5, 5.41) is 2.92. The molecule has 6 nitrogen and oxygen atoms in total. The first kappa shape index (κ1) is 20.3. The molecule has 0 aliphatic carbocycles. The van der Waals surface area contributed by atoms with Gasteiger partial charge in [-0.2, -0.15) is 0 Å². The predicted octanol–water partition coefficient (Wildman–Crippen LogP) is 3.83. The molecule has 1 N–H and O–H groups in total. The number of halogens is 1. The van der Waals surface area contributed by atoms with Crippen LogP contribution in [0.15, 0.2) is 48.5 Å². The molecule has 1 atom stereocenters. The van der Waals surface area contributed by atoms with Gasteiger partial charge in [0.2, 0.25) is 11.8 Å². The molecule has 2 aliphatic rings. The van der Waals surface area contributed by atoms with E-state index in [9.17, 15) is 14.0 Å². The van der Waals surface area contributed by atoms with Crippen molar-refractivity contribution in [1.82, 2.24) is 4.90 Å². The third-order valence-corrected chi connectivity index (χ3v) is 5.64. The van der Waals surface area contributed by atoms with Crippen LogP contribution in [-0.4, -0.2) is 43.0 Å². The standard InChI is InChI=1S/C23H25FN2O4/c24-20-3-1-2-4-21(20)30-19-7-5-18(6-8-19)25-22(27)16-9-12-26(13-10-16)23(28)17-11-14-29-15-17/h1-8,16-17H,9-15H2,(H,25,27)/t17-/m0/s1. The summed E-state index contributed by atoms with van der Waals surface area (Å²) in [4.78, 5) is 26.9. The second kappa shape index (κ2) is 9.26. The van der Waals surface area contributed by atoms with Crippen LogP contribution in [0.25, 0.3) is 0 Å². The zero-order chi connectivity index (χ0) is 20.9. The summed E-state index contributed by atoms with van der Waals surface area (Å²) in [7, 11) is 0. The van der Waals surface area contributed by atoms with Crippen LogP contribution in [0.2, 0.25) is 0 Å². The fraction of sp³-hybridized carbons (Fsp3) is 0.391. The number of nitrogens with zero attached hydrogens (tertiary/aromatic N) is 1. The molecule has 2 saturated heterocycles. The van der Waals surface area contributed by atoms with Crippen molar-refractivity contribution < 1.29 is 23.5 Å². The summed E-state index contributed by atoms with van der Waals surface area (Å²) in [6, 6.07) is 13.0. The minimum Gasteiger partial charge on any atom is -0.454 e. The largest absolute Gasteiger partial charge is 0.454 e. The molecule has 7 heteroatoms. The highest BCUT2D eigenvalue weighted by Gasteiger charge is 2.32. The van der Waals surface area contributed by atoms with Crippen LogP contribution in [0.1, 0.15) is 19.3 Å². The quantitative estimate of drug-likeness (QED) is 0.811. The number of ether oxygens (including phenoxy) is 2. The molecule has 2 fully saturated rings. The molecule has 0 aromatic heterocycles.